The fourth-order valence-corrected chi connectivity index (χ4v) is 3.69. The van der Waals surface area contributed by atoms with Gasteiger partial charge in [-0.2, -0.15) is 0 Å². The normalized spacial score (nSPS) is 10.5. The zero-order valence-corrected chi connectivity index (χ0v) is 12.1. The van der Waals surface area contributed by atoms with Crippen molar-refractivity contribution in [1.29, 1.82) is 0 Å². The Morgan fingerprint density at radius 1 is 1.00 bits per heavy atom. The molecule has 0 aromatic heterocycles. The first-order chi connectivity index (χ1) is 8.15. The molecule has 0 unspecified atom stereocenters. The van der Waals surface area contributed by atoms with E-state index in [1.54, 1.807) is 0 Å². The maximum absolute atomic E-state index is 4.49. The number of hydrogen-bond donors (Lipinski definition) is 1. The number of hydrogen-bond acceptors (Lipinski definition) is 1. The highest BCUT2D eigenvalue weighted by atomic mass is 32.1. The van der Waals surface area contributed by atoms with Gasteiger partial charge in [0.05, 0.1) is 9.52 Å². The van der Waals surface area contributed by atoms with Crippen molar-refractivity contribution in [3.8, 4) is 0 Å². The van der Waals surface area contributed by atoms with E-state index in [1.807, 2.05) is 6.07 Å². The summed E-state index contributed by atoms with van der Waals surface area (Å²) in [5.74, 6) is 0. The second-order valence-electron chi connectivity index (χ2n) is 4.36. The van der Waals surface area contributed by atoms with Gasteiger partial charge in [0.2, 0.25) is 0 Å². The minimum Gasteiger partial charge on any atom is -0.143 e. The Hall–Kier alpha value is -0.993. The molecular weight excluding hydrogens is 240 g/mol. The summed E-state index contributed by atoms with van der Waals surface area (Å²) in [6.07, 6.45) is 0. The molecule has 2 heteroatoms. The number of benzene rings is 2. The molecule has 2 aromatic rings. The highest BCUT2D eigenvalue weighted by molar-refractivity contribution is 7.80. The molecule has 0 N–H and O–H groups in total. The van der Waals surface area contributed by atoms with Gasteiger partial charge >= 0.3 is 0 Å². The number of aryl methyl sites for hydroxylation is 2. The van der Waals surface area contributed by atoms with Gasteiger partial charge in [-0.1, -0.05) is 52.7 Å². The van der Waals surface area contributed by atoms with E-state index in [0.29, 0.717) is 0 Å². The summed E-state index contributed by atoms with van der Waals surface area (Å²) >= 11 is 4.49. The maximum Gasteiger partial charge on any atom is 0.0856 e. The minimum atomic E-state index is 0.822. The van der Waals surface area contributed by atoms with Gasteiger partial charge in [-0.25, -0.2) is 0 Å². The molecule has 0 nitrogen and oxygen atoms in total. The van der Waals surface area contributed by atoms with Crippen molar-refractivity contribution in [2.75, 3.05) is 0 Å². The molecular formula is C15H16SSi. The molecule has 0 saturated carbocycles. The van der Waals surface area contributed by atoms with Crippen molar-refractivity contribution in [3.63, 3.8) is 0 Å². The topological polar surface area (TPSA) is 0 Å². The molecule has 0 atom stereocenters. The Morgan fingerprint density at radius 2 is 1.65 bits per heavy atom. The summed E-state index contributed by atoms with van der Waals surface area (Å²) < 4.78 is 0. The van der Waals surface area contributed by atoms with E-state index < -0.39 is 0 Å². The van der Waals surface area contributed by atoms with E-state index in [-0.39, 0.29) is 0 Å². The second kappa shape index (κ2) is 5.56. The molecule has 2 rings (SSSR count). The Morgan fingerprint density at radius 3 is 2.29 bits per heavy atom. The first-order valence-electron chi connectivity index (χ1n) is 5.74. The molecule has 0 saturated heterocycles. The molecule has 0 aliphatic heterocycles. The van der Waals surface area contributed by atoms with Crippen molar-refractivity contribution >= 4 is 27.3 Å². The summed E-state index contributed by atoms with van der Waals surface area (Å²) in [7, 11) is 0.822. The third-order valence-electron chi connectivity index (χ3n) is 2.70. The highest BCUT2D eigenvalue weighted by Crippen LogP contribution is 2.12. The van der Waals surface area contributed by atoms with Gasteiger partial charge in [0.25, 0.3) is 0 Å². The molecule has 0 heterocycles. The summed E-state index contributed by atoms with van der Waals surface area (Å²) in [4.78, 5) is 1.10. The van der Waals surface area contributed by atoms with Crippen LogP contribution in [-0.2, 0) is 6.04 Å². The molecule has 0 spiro atoms. The average molecular weight is 256 g/mol. The van der Waals surface area contributed by atoms with E-state index >= 15 is 0 Å². The molecule has 86 valence electrons. The lowest BCUT2D eigenvalue weighted by atomic mass is 10.2. The van der Waals surface area contributed by atoms with Gasteiger partial charge in [-0.15, -0.1) is 12.6 Å². The third-order valence-corrected chi connectivity index (χ3v) is 4.39. The predicted octanol–water partition coefficient (Wildman–Crippen LogP) is 3.12. The fraction of sp³-hybridized carbons (Fsp3) is 0.200. The van der Waals surface area contributed by atoms with Crippen molar-refractivity contribution in [1.82, 2.24) is 0 Å². The monoisotopic (exact) mass is 256 g/mol. The van der Waals surface area contributed by atoms with Crippen LogP contribution in [0, 0.1) is 13.8 Å². The molecule has 0 aliphatic rings. The summed E-state index contributed by atoms with van der Waals surface area (Å²) in [5.41, 5.74) is 4.05. The zero-order valence-electron chi connectivity index (χ0n) is 10.2. The van der Waals surface area contributed by atoms with Gasteiger partial charge in [0.15, 0.2) is 0 Å². The first kappa shape index (κ1) is 12.5. The van der Waals surface area contributed by atoms with Crippen LogP contribution in [0.5, 0.6) is 0 Å². The largest absolute Gasteiger partial charge is 0.143 e. The van der Waals surface area contributed by atoms with Crippen molar-refractivity contribution in [3.05, 3.63) is 59.2 Å². The van der Waals surface area contributed by atoms with Crippen LogP contribution in [0.3, 0.4) is 0 Å². The lowest BCUT2D eigenvalue weighted by Gasteiger charge is -2.06. The van der Waals surface area contributed by atoms with Crippen LogP contribution in [-0.4, -0.2) is 9.52 Å². The molecule has 2 aromatic carbocycles. The van der Waals surface area contributed by atoms with Crippen LogP contribution < -0.4 is 5.19 Å². The van der Waals surface area contributed by atoms with Gasteiger partial charge in [-0.05, 0) is 31.5 Å². The van der Waals surface area contributed by atoms with E-state index in [0.717, 1.165) is 20.5 Å². The number of thiol groups is 1. The fourth-order valence-electron chi connectivity index (χ4n) is 1.93. The van der Waals surface area contributed by atoms with Gasteiger partial charge in [0.1, 0.15) is 0 Å². The van der Waals surface area contributed by atoms with Crippen LogP contribution >= 0.6 is 12.6 Å². The zero-order chi connectivity index (χ0) is 12.3. The van der Waals surface area contributed by atoms with Crippen molar-refractivity contribution in [2.24, 2.45) is 0 Å². The van der Waals surface area contributed by atoms with Gasteiger partial charge < -0.3 is 0 Å². The SMILES string of the molecule is Cc1cc(C)cc([Si]Cc2ccccc2S)c1. The average Bonchev–Trinajstić information content (AvgIpc) is 2.27. The van der Waals surface area contributed by atoms with Crippen LogP contribution in [0.4, 0.5) is 0 Å². The molecule has 2 radical (unpaired) electrons. The predicted molar refractivity (Wildman–Crippen MR) is 78.7 cm³/mol. The summed E-state index contributed by atoms with van der Waals surface area (Å²) in [6.45, 7) is 4.32. The van der Waals surface area contributed by atoms with Crippen LogP contribution in [0.1, 0.15) is 16.7 Å². The number of rotatable bonds is 3. The molecule has 17 heavy (non-hydrogen) atoms. The lowest BCUT2D eigenvalue weighted by molar-refractivity contribution is 1.26. The van der Waals surface area contributed by atoms with E-state index in [2.05, 4.69) is 62.9 Å². The Labute approximate surface area is 111 Å². The van der Waals surface area contributed by atoms with E-state index in [1.165, 1.54) is 21.9 Å². The van der Waals surface area contributed by atoms with Crippen LogP contribution in [0.2, 0.25) is 0 Å². The van der Waals surface area contributed by atoms with Crippen LogP contribution in [0.15, 0.2) is 47.4 Å². The smallest absolute Gasteiger partial charge is 0.0856 e. The van der Waals surface area contributed by atoms with Crippen LogP contribution in [0.25, 0.3) is 0 Å². The van der Waals surface area contributed by atoms with Gasteiger partial charge in [-0.3, -0.25) is 0 Å². The highest BCUT2D eigenvalue weighted by Gasteiger charge is 2.01. The third kappa shape index (κ3) is 3.48. The van der Waals surface area contributed by atoms with Gasteiger partial charge in [0, 0.05) is 4.90 Å². The molecule has 0 bridgehead atoms. The summed E-state index contributed by atoms with van der Waals surface area (Å²) in [6, 6.07) is 16.2. The Bertz CT molecular complexity index is 500. The summed E-state index contributed by atoms with van der Waals surface area (Å²) in [5, 5.41) is 1.44. The lowest BCUT2D eigenvalue weighted by Crippen LogP contribution is -2.17. The van der Waals surface area contributed by atoms with E-state index in [9.17, 15) is 0 Å². The minimum absolute atomic E-state index is 0.822. The maximum atomic E-state index is 4.49. The molecule has 0 aliphatic carbocycles. The van der Waals surface area contributed by atoms with Crippen molar-refractivity contribution in [2.45, 2.75) is 24.8 Å². The Balaban J connectivity index is 2.10. The standard InChI is InChI=1S/C15H16SSi/c1-11-7-12(2)9-14(8-11)17-10-13-5-3-4-6-15(13)16/h3-9,16H,10H2,1-2H3. The second-order valence-corrected chi connectivity index (χ2v) is 6.12. The first-order valence-corrected chi connectivity index (χ1v) is 7.39. The quantitative estimate of drug-likeness (QED) is 0.633. The molecule has 0 fully saturated rings. The van der Waals surface area contributed by atoms with E-state index in [4.69, 9.17) is 0 Å². The van der Waals surface area contributed by atoms with Crippen molar-refractivity contribution < 1.29 is 0 Å². The molecule has 0 amide bonds. The Kier molecular flexibility index (Phi) is 4.08.